The number of ether oxygens (including phenoxy) is 2. The predicted octanol–water partition coefficient (Wildman–Crippen LogP) is 9.58. The highest BCUT2D eigenvalue weighted by molar-refractivity contribution is 6.10. The summed E-state index contributed by atoms with van der Waals surface area (Å²) in [7, 11) is 3.41. The van der Waals surface area contributed by atoms with Crippen molar-refractivity contribution in [2.24, 2.45) is 0 Å². The van der Waals surface area contributed by atoms with Gasteiger partial charge in [0, 0.05) is 38.9 Å². The maximum atomic E-state index is 5.43. The first-order chi connectivity index (χ1) is 21.1. The number of para-hydroxylation sites is 2. The lowest BCUT2D eigenvalue weighted by atomic mass is 9.72. The zero-order valence-electron chi connectivity index (χ0n) is 24.5. The Morgan fingerprint density at radius 3 is 2.02 bits per heavy atom. The van der Waals surface area contributed by atoms with Gasteiger partial charge in [0.05, 0.1) is 25.3 Å². The first-order valence-electron chi connectivity index (χ1n) is 14.7. The van der Waals surface area contributed by atoms with Crippen molar-refractivity contribution in [1.29, 1.82) is 0 Å². The lowest BCUT2D eigenvalue weighted by molar-refractivity contribution is 0.414. The van der Waals surface area contributed by atoms with E-state index in [0.29, 0.717) is 0 Å². The highest BCUT2D eigenvalue weighted by Gasteiger charge is 2.45. The fourth-order valence-electron chi connectivity index (χ4n) is 7.10. The van der Waals surface area contributed by atoms with Crippen LogP contribution in [0.1, 0.15) is 24.5 Å². The molecule has 1 atom stereocenters. The second-order valence-electron chi connectivity index (χ2n) is 11.6. The van der Waals surface area contributed by atoms with Gasteiger partial charge in [-0.05, 0) is 109 Å². The second-order valence-corrected chi connectivity index (χ2v) is 11.6. The van der Waals surface area contributed by atoms with E-state index in [4.69, 9.17) is 9.47 Å². The molecule has 0 bridgehead atoms. The zero-order valence-corrected chi connectivity index (χ0v) is 24.5. The molecule has 1 aliphatic carbocycles. The molecule has 0 saturated carbocycles. The first kappa shape index (κ1) is 25.5. The Balaban J connectivity index is 1.25. The predicted molar refractivity (Wildman–Crippen MR) is 177 cm³/mol. The highest BCUT2D eigenvalue weighted by Crippen LogP contribution is 2.56. The van der Waals surface area contributed by atoms with Crippen LogP contribution in [0.3, 0.4) is 0 Å². The third kappa shape index (κ3) is 3.83. The van der Waals surface area contributed by atoms with E-state index >= 15 is 0 Å². The van der Waals surface area contributed by atoms with E-state index in [0.717, 1.165) is 29.3 Å². The van der Waals surface area contributed by atoms with Gasteiger partial charge in [-0.1, -0.05) is 48.5 Å². The van der Waals surface area contributed by atoms with Crippen molar-refractivity contribution >= 4 is 38.8 Å². The Labute approximate surface area is 251 Å². The van der Waals surface area contributed by atoms with Gasteiger partial charge in [-0.2, -0.15) is 0 Å². The van der Waals surface area contributed by atoms with Gasteiger partial charge in [0.1, 0.15) is 11.5 Å². The molecule has 0 saturated heterocycles. The van der Waals surface area contributed by atoms with Gasteiger partial charge in [-0.3, -0.25) is 0 Å². The molecule has 0 fully saturated rings. The van der Waals surface area contributed by atoms with Crippen LogP contribution in [-0.4, -0.2) is 18.8 Å². The summed E-state index contributed by atoms with van der Waals surface area (Å²) >= 11 is 0. The lowest BCUT2D eigenvalue weighted by Crippen LogP contribution is -2.28. The van der Waals surface area contributed by atoms with Crippen LogP contribution in [0.15, 0.2) is 133 Å². The lowest BCUT2D eigenvalue weighted by Gasteiger charge is -2.34. The number of allylic oxidation sites excluding steroid dienone is 4. The Hall–Kier alpha value is -5.22. The van der Waals surface area contributed by atoms with Gasteiger partial charge in [0.15, 0.2) is 0 Å². The van der Waals surface area contributed by atoms with Crippen LogP contribution >= 0.6 is 0 Å². The van der Waals surface area contributed by atoms with Crippen LogP contribution < -0.4 is 14.4 Å². The minimum atomic E-state index is -0.146. The molecule has 2 heterocycles. The van der Waals surface area contributed by atoms with Crippen LogP contribution in [0.5, 0.6) is 11.5 Å². The second kappa shape index (κ2) is 9.67. The normalized spacial score (nSPS) is 17.4. The molecule has 43 heavy (non-hydrogen) atoms. The fraction of sp³-hybridized carbons (Fsp3) is 0.128. The topological polar surface area (TPSA) is 26.6 Å². The van der Waals surface area contributed by atoms with Crippen LogP contribution in [-0.2, 0) is 5.41 Å². The Morgan fingerprint density at radius 2 is 1.28 bits per heavy atom. The number of methoxy groups -OCH3 is 2. The van der Waals surface area contributed by atoms with E-state index in [2.05, 4.69) is 120 Å². The van der Waals surface area contributed by atoms with Crippen LogP contribution in [0.2, 0.25) is 0 Å². The average molecular weight is 561 g/mol. The Morgan fingerprint density at radius 1 is 0.628 bits per heavy atom. The molecule has 1 aromatic heterocycles. The molecular weight excluding hydrogens is 528 g/mol. The molecule has 8 rings (SSSR count). The number of aromatic nitrogens is 1. The number of benzene rings is 5. The summed E-state index contributed by atoms with van der Waals surface area (Å²) in [5, 5.41) is 2.52. The molecule has 2 aliphatic rings. The molecule has 1 aliphatic heterocycles. The highest BCUT2D eigenvalue weighted by atomic mass is 16.5. The maximum absolute atomic E-state index is 5.43. The quantitative estimate of drug-likeness (QED) is 0.210. The molecule has 4 nitrogen and oxygen atoms in total. The number of rotatable bonds is 5. The number of anilines is 2. The van der Waals surface area contributed by atoms with E-state index in [1.165, 1.54) is 49.9 Å². The minimum absolute atomic E-state index is 0.146. The maximum Gasteiger partial charge on any atom is 0.119 e. The van der Waals surface area contributed by atoms with Gasteiger partial charge in [-0.15, -0.1) is 0 Å². The summed E-state index contributed by atoms with van der Waals surface area (Å²) in [4.78, 5) is 2.41. The minimum Gasteiger partial charge on any atom is -0.497 e. The summed E-state index contributed by atoms with van der Waals surface area (Å²) in [5.41, 5.74) is 11.0. The molecule has 1 unspecified atom stereocenters. The average Bonchev–Trinajstić information content (AvgIpc) is 3.53. The smallest absolute Gasteiger partial charge is 0.119 e. The zero-order chi connectivity index (χ0) is 29.1. The fourth-order valence-corrected chi connectivity index (χ4v) is 7.10. The summed E-state index contributed by atoms with van der Waals surface area (Å²) in [5.74, 6) is 1.72. The van der Waals surface area contributed by atoms with Crippen LogP contribution in [0.4, 0.5) is 11.4 Å². The first-order valence-corrected chi connectivity index (χ1v) is 14.7. The number of hydrogen-bond acceptors (Lipinski definition) is 3. The molecule has 6 aromatic rings. The van der Waals surface area contributed by atoms with E-state index in [1.807, 2.05) is 24.3 Å². The summed E-state index contributed by atoms with van der Waals surface area (Å²) < 4.78 is 13.2. The summed E-state index contributed by atoms with van der Waals surface area (Å²) in [6, 6.07) is 41.1. The van der Waals surface area contributed by atoms with Gasteiger partial charge in [0.2, 0.25) is 0 Å². The van der Waals surface area contributed by atoms with Crippen molar-refractivity contribution < 1.29 is 9.47 Å². The number of fused-ring (bicyclic) bond motifs is 6. The van der Waals surface area contributed by atoms with Crippen molar-refractivity contribution in [2.75, 3.05) is 19.1 Å². The Kier molecular flexibility index (Phi) is 5.73. The van der Waals surface area contributed by atoms with Crippen molar-refractivity contribution in [3.63, 3.8) is 0 Å². The van der Waals surface area contributed by atoms with E-state index in [-0.39, 0.29) is 5.41 Å². The molecule has 0 N–H and O–H groups in total. The molecule has 4 heteroatoms. The molecule has 5 aromatic carbocycles. The van der Waals surface area contributed by atoms with Gasteiger partial charge < -0.3 is 18.9 Å². The third-order valence-corrected chi connectivity index (χ3v) is 9.24. The van der Waals surface area contributed by atoms with E-state index in [9.17, 15) is 0 Å². The SMILES string of the molecule is COc1ccc(N2C3=CC=C(c4ccc5c(c4)c4ccccc4n5-c4ccc(OC)cc4)CC3(C)c3ccccc32)cc1. The molecular formula is C39H32N2O2. The van der Waals surface area contributed by atoms with Crippen LogP contribution in [0.25, 0.3) is 33.1 Å². The van der Waals surface area contributed by atoms with E-state index in [1.54, 1.807) is 14.2 Å². The molecule has 0 radical (unpaired) electrons. The number of nitrogens with zero attached hydrogens (tertiary/aromatic N) is 2. The third-order valence-electron chi connectivity index (χ3n) is 9.24. The largest absolute Gasteiger partial charge is 0.497 e. The standard InChI is InChI=1S/C39H32N2O2/c1-39-25-27(13-23-38(39)41(37-11-7-5-9-34(37)39)29-16-20-31(43-3)21-17-29)26-12-22-36-33(24-26)32-8-4-6-10-35(32)40(36)28-14-18-30(42-2)19-15-28/h4-24H,25H2,1-3H3. The monoisotopic (exact) mass is 560 g/mol. The Bertz CT molecular complexity index is 2080. The van der Waals surface area contributed by atoms with Crippen molar-refractivity contribution in [3.05, 3.63) is 144 Å². The van der Waals surface area contributed by atoms with Crippen molar-refractivity contribution in [2.45, 2.75) is 18.8 Å². The van der Waals surface area contributed by atoms with Gasteiger partial charge >= 0.3 is 0 Å². The summed E-state index contributed by atoms with van der Waals surface area (Å²) in [6.45, 7) is 2.39. The molecule has 210 valence electrons. The van der Waals surface area contributed by atoms with Crippen LogP contribution in [0, 0.1) is 0 Å². The number of hydrogen-bond donors (Lipinski definition) is 0. The van der Waals surface area contributed by atoms with Gasteiger partial charge in [-0.25, -0.2) is 0 Å². The molecule has 0 amide bonds. The van der Waals surface area contributed by atoms with Crippen molar-refractivity contribution in [1.82, 2.24) is 4.57 Å². The van der Waals surface area contributed by atoms with E-state index < -0.39 is 0 Å². The molecule has 0 spiro atoms. The van der Waals surface area contributed by atoms with Gasteiger partial charge in [0.25, 0.3) is 0 Å². The van der Waals surface area contributed by atoms with Crippen molar-refractivity contribution in [3.8, 4) is 17.2 Å². The summed E-state index contributed by atoms with van der Waals surface area (Å²) in [6.07, 6.45) is 5.57.